The highest BCUT2D eigenvalue weighted by molar-refractivity contribution is 5.95. The van der Waals surface area contributed by atoms with E-state index in [0.29, 0.717) is 5.69 Å². The molecule has 140 valence electrons. The Kier molecular flexibility index (Phi) is 4.76. The second-order valence-electron chi connectivity index (χ2n) is 6.50. The number of nitrogens with zero attached hydrogens (tertiary/aromatic N) is 2. The van der Waals surface area contributed by atoms with Gasteiger partial charge in [0.05, 0.1) is 11.0 Å². The summed E-state index contributed by atoms with van der Waals surface area (Å²) in [5.74, 6) is -0.144. The summed E-state index contributed by atoms with van der Waals surface area (Å²) < 4.78 is 6.92. The Morgan fingerprint density at radius 3 is 2.61 bits per heavy atom. The molecule has 1 N–H and O–H groups in total. The van der Waals surface area contributed by atoms with Crippen molar-refractivity contribution in [2.75, 3.05) is 11.9 Å². The van der Waals surface area contributed by atoms with Gasteiger partial charge in [0.2, 0.25) is 0 Å². The third-order valence-electron chi connectivity index (χ3n) is 4.53. The van der Waals surface area contributed by atoms with Crippen LogP contribution in [0, 0.1) is 6.92 Å². The predicted molar refractivity (Wildman–Crippen MR) is 108 cm³/mol. The number of rotatable bonds is 5. The summed E-state index contributed by atoms with van der Waals surface area (Å²) in [7, 11) is 0. The first-order valence-corrected chi connectivity index (χ1v) is 8.96. The number of hydrogen-bond acceptors (Lipinski definition) is 4. The molecule has 0 unspecified atom stereocenters. The Labute approximate surface area is 161 Å². The van der Waals surface area contributed by atoms with Gasteiger partial charge in [-0.2, -0.15) is 0 Å². The molecule has 4 aromatic rings. The summed E-state index contributed by atoms with van der Waals surface area (Å²) in [5.41, 5.74) is 2.34. The fourth-order valence-electron chi connectivity index (χ4n) is 3.18. The normalized spacial score (nSPS) is 10.9. The maximum Gasteiger partial charge on any atom is 0.326 e. The lowest BCUT2D eigenvalue weighted by Crippen LogP contribution is -2.23. The van der Waals surface area contributed by atoms with Crippen molar-refractivity contribution in [2.45, 2.75) is 13.5 Å². The molecular formula is C22H19N3O3. The van der Waals surface area contributed by atoms with Crippen molar-refractivity contribution >= 4 is 39.4 Å². The van der Waals surface area contributed by atoms with Gasteiger partial charge in [-0.25, -0.2) is 4.98 Å². The summed E-state index contributed by atoms with van der Waals surface area (Å²) in [5, 5.41) is 4.87. The number of imidazole rings is 1. The highest BCUT2D eigenvalue weighted by Gasteiger charge is 2.13. The van der Waals surface area contributed by atoms with Crippen LogP contribution in [0.15, 0.2) is 66.7 Å². The first-order valence-electron chi connectivity index (χ1n) is 8.96. The fourth-order valence-corrected chi connectivity index (χ4v) is 3.18. The summed E-state index contributed by atoms with van der Waals surface area (Å²) in [6.45, 7) is 1.51. The van der Waals surface area contributed by atoms with E-state index in [0.717, 1.165) is 27.6 Å². The van der Waals surface area contributed by atoms with Gasteiger partial charge in [-0.3, -0.25) is 9.59 Å². The van der Waals surface area contributed by atoms with Crippen LogP contribution >= 0.6 is 0 Å². The lowest BCUT2D eigenvalue weighted by Gasteiger charge is -2.09. The Morgan fingerprint density at radius 1 is 1.00 bits per heavy atom. The average Bonchev–Trinajstić information content (AvgIpc) is 3.01. The molecule has 0 radical (unpaired) electrons. The van der Waals surface area contributed by atoms with Gasteiger partial charge in [-0.05, 0) is 42.0 Å². The van der Waals surface area contributed by atoms with Crippen LogP contribution in [0.25, 0.3) is 21.8 Å². The van der Waals surface area contributed by atoms with E-state index < -0.39 is 5.97 Å². The number of anilines is 1. The molecule has 4 rings (SSSR count). The summed E-state index contributed by atoms with van der Waals surface area (Å²) in [6.07, 6.45) is 0. The van der Waals surface area contributed by atoms with E-state index in [1.807, 2.05) is 73.7 Å². The number of carbonyl (C=O) groups excluding carboxylic acids is 2. The van der Waals surface area contributed by atoms with Gasteiger partial charge in [0.15, 0.2) is 6.61 Å². The van der Waals surface area contributed by atoms with E-state index >= 15 is 0 Å². The second kappa shape index (κ2) is 7.52. The molecule has 0 fully saturated rings. The van der Waals surface area contributed by atoms with Gasteiger partial charge in [0.25, 0.3) is 5.91 Å². The Morgan fingerprint density at radius 2 is 1.75 bits per heavy atom. The number of para-hydroxylation sites is 2. The van der Waals surface area contributed by atoms with Crippen LogP contribution in [-0.2, 0) is 20.9 Å². The van der Waals surface area contributed by atoms with Gasteiger partial charge in [-0.1, -0.05) is 42.5 Å². The molecular weight excluding hydrogens is 354 g/mol. The maximum atomic E-state index is 12.2. The molecule has 0 aliphatic rings. The van der Waals surface area contributed by atoms with Crippen LogP contribution in [0.1, 0.15) is 5.82 Å². The largest absolute Gasteiger partial charge is 0.454 e. The number of fused-ring (bicyclic) bond motifs is 2. The number of benzene rings is 3. The minimum Gasteiger partial charge on any atom is -0.454 e. The summed E-state index contributed by atoms with van der Waals surface area (Å²) >= 11 is 0. The van der Waals surface area contributed by atoms with Gasteiger partial charge in [0.1, 0.15) is 12.4 Å². The zero-order chi connectivity index (χ0) is 19.5. The molecule has 1 amide bonds. The Bertz CT molecular complexity index is 1180. The quantitative estimate of drug-likeness (QED) is 0.542. The van der Waals surface area contributed by atoms with E-state index in [2.05, 4.69) is 10.3 Å². The SMILES string of the molecule is Cc1nc2ccccc2n1CC(=O)OCC(=O)Nc1ccc2ccccc2c1. The van der Waals surface area contributed by atoms with E-state index in [9.17, 15) is 9.59 Å². The maximum absolute atomic E-state index is 12.2. The molecule has 0 aliphatic heterocycles. The highest BCUT2D eigenvalue weighted by Crippen LogP contribution is 2.19. The molecule has 6 nitrogen and oxygen atoms in total. The molecule has 0 aliphatic carbocycles. The zero-order valence-electron chi connectivity index (χ0n) is 15.4. The number of nitrogens with one attached hydrogen (secondary N) is 1. The molecule has 0 saturated carbocycles. The van der Waals surface area contributed by atoms with Crippen LogP contribution in [0.3, 0.4) is 0 Å². The van der Waals surface area contributed by atoms with Crippen molar-refractivity contribution in [3.05, 3.63) is 72.6 Å². The number of esters is 1. The molecule has 3 aromatic carbocycles. The molecule has 0 spiro atoms. The fraction of sp³-hybridized carbons (Fsp3) is 0.136. The standard InChI is InChI=1S/C22H19N3O3/c1-15-23-19-8-4-5-9-20(19)25(15)13-22(27)28-14-21(26)24-18-11-10-16-6-2-3-7-17(16)12-18/h2-12H,13-14H2,1H3,(H,24,26). The molecule has 1 heterocycles. The molecule has 6 heteroatoms. The summed E-state index contributed by atoms with van der Waals surface area (Å²) in [4.78, 5) is 28.7. The zero-order valence-corrected chi connectivity index (χ0v) is 15.4. The van der Waals surface area contributed by atoms with Gasteiger partial charge in [0, 0.05) is 5.69 Å². The lowest BCUT2D eigenvalue weighted by molar-refractivity contribution is -0.147. The molecule has 0 bridgehead atoms. The Balaban J connectivity index is 1.36. The summed E-state index contributed by atoms with van der Waals surface area (Å²) in [6, 6.07) is 21.1. The second-order valence-corrected chi connectivity index (χ2v) is 6.50. The smallest absolute Gasteiger partial charge is 0.326 e. The van der Waals surface area contributed by atoms with Crippen LogP contribution in [-0.4, -0.2) is 28.0 Å². The number of aryl methyl sites for hydroxylation is 1. The number of carbonyl (C=O) groups is 2. The predicted octanol–water partition coefficient (Wildman–Crippen LogP) is 3.68. The van der Waals surface area contributed by atoms with Crippen molar-refractivity contribution in [3.8, 4) is 0 Å². The van der Waals surface area contributed by atoms with Crippen LogP contribution in [0.2, 0.25) is 0 Å². The van der Waals surface area contributed by atoms with Crippen molar-refractivity contribution in [1.29, 1.82) is 0 Å². The van der Waals surface area contributed by atoms with Crippen molar-refractivity contribution in [2.24, 2.45) is 0 Å². The van der Waals surface area contributed by atoms with Crippen molar-refractivity contribution in [1.82, 2.24) is 9.55 Å². The van der Waals surface area contributed by atoms with E-state index in [-0.39, 0.29) is 19.1 Å². The lowest BCUT2D eigenvalue weighted by atomic mass is 10.1. The van der Waals surface area contributed by atoms with Crippen molar-refractivity contribution < 1.29 is 14.3 Å². The number of amides is 1. The first-order chi connectivity index (χ1) is 13.6. The van der Waals surface area contributed by atoms with Crippen LogP contribution < -0.4 is 5.32 Å². The van der Waals surface area contributed by atoms with Gasteiger partial charge >= 0.3 is 5.97 Å². The Hall–Kier alpha value is -3.67. The number of hydrogen-bond donors (Lipinski definition) is 1. The highest BCUT2D eigenvalue weighted by atomic mass is 16.5. The van der Waals surface area contributed by atoms with Crippen molar-refractivity contribution in [3.63, 3.8) is 0 Å². The molecule has 28 heavy (non-hydrogen) atoms. The third kappa shape index (κ3) is 3.71. The molecule has 1 aromatic heterocycles. The molecule has 0 saturated heterocycles. The average molecular weight is 373 g/mol. The van der Waals surface area contributed by atoms with Crippen LogP contribution in [0.4, 0.5) is 5.69 Å². The van der Waals surface area contributed by atoms with Crippen LogP contribution in [0.5, 0.6) is 0 Å². The molecule has 0 atom stereocenters. The number of aromatic nitrogens is 2. The number of ether oxygens (including phenoxy) is 1. The monoisotopic (exact) mass is 373 g/mol. The minimum absolute atomic E-state index is 0.00953. The first kappa shape index (κ1) is 17.7. The topological polar surface area (TPSA) is 73.2 Å². The van der Waals surface area contributed by atoms with Gasteiger partial charge in [-0.15, -0.1) is 0 Å². The minimum atomic E-state index is -0.486. The third-order valence-corrected chi connectivity index (χ3v) is 4.53. The van der Waals surface area contributed by atoms with E-state index in [4.69, 9.17) is 4.74 Å². The van der Waals surface area contributed by atoms with Gasteiger partial charge < -0.3 is 14.6 Å². The van der Waals surface area contributed by atoms with E-state index in [1.165, 1.54) is 0 Å². The van der Waals surface area contributed by atoms with E-state index in [1.54, 1.807) is 4.57 Å².